The molecule has 2 aromatic carbocycles. The average molecular weight is 1060 g/mol. The maximum Gasteiger partial charge on any atom is 0.329 e. The Bertz CT molecular complexity index is 2370. The van der Waals surface area contributed by atoms with E-state index in [0.29, 0.717) is 24.0 Å². The van der Waals surface area contributed by atoms with E-state index in [9.17, 15) is 63.3 Å². The first kappa shape index (κ1) is 61.4. The second-order valence-corrected chi connectivity index (χ2v) is 20.6. The third-order valence-electron chi connectivity index (χ3n) is 13.7. The number of aliphatic hydroxyl groups excluding tert-OH is 1. The number of fused-ring (bicyclic) bond motifs is 2. The Morgan fingerprint density at radius 1 is 0.763 bits per heavy atom. The fourth-order valence-corrected chi connectivity index (χ4v) is 9.20. The minimum atomic E-state index is -1.91. The van der Waals surface area contributed by atoms with Gasteiger partial charge >= 0.3 is 11.9 Å². The maximum atomic E-state index is 14.9. The van der Waals surface area contributed by atoms with Crippen molar-refractivity contribution >= 4 is 59.2 Å². The van der Waals surface area contributed by atoms with E-state index >= 15 is 0 Å². The van der Waals surface area contributed by atoms with Gasteiger partial charge in [0, 0.05) is 32.7 Å². The van der Waals surface area contributed by atoms with Gasteiger partial charge < -0.3 is 61.8 Å². The summed E-state index contributed by atoms with van der Waals surface area (Å²) in [6, 6.07) is 2.66. The van der Waals surface area contributed by atoms with Gasteiger partial charge in [0.1, 0.15) is 66.4 Å². The molecule has 0 aromatic heterocycles. The number of aliphatic hydroxyl groups is 1. The normalized spacial score (nSPS) is 24.4. The van der Waals surface area contributed by atoms with E-state index in [1.54, 1.807) is 65.0 Å². The number of phenols is 1. The van der Waals surface area contributed by atoms with E-state index < -0.39 is 145 Å². The van der Waals surface area contributed by atoms with Crippen LogP contribution in [0.2, 0.25) is 0 Å². The highest BCUT2D eigenvalue weighted by Gasteiger charge is 2.47. The van der Waals surface area contributed by atoms with Gasteiger partial charge in [-0.1, -0.05) is 97.4 Å². The number of carbonyl (C=O) groups is 10. The monoisotopic (exact) mass is 1060 g/mol. The Labute approximate surface area is 444 Å². The predicted octanol–water partition coefficient (Wildman–Crippen LogP) is 1.58. The molecule has 22 nitrogen and oxygen atoms in total. The number of likely N-dealkylation sites (N-methyl/N-ethyl adjacent to an activating group) is 1. The molecule has 0 unspecified atom stereocenters. The van der Waals surface area contributed by atoms with Crippen LogP contribution < -0.4 is 31.9 Å². The second kappa shape index (κ2) is 28.7. The zero-order chi connectivity index (χ0) is 56.6. The number of nitrogens with zero attached hydrogens (tertiary/aromatic N) is 2. The fraction of sp³-hybridized carbons (Fsp3) is 0.593. The number of carboxylic acid groups (broad SMARTS) is 1. The number of aliphatic carboxylic acids is 1. The smallest absolute Gasteiger partial charge is 0.329 e. The highest BCUT2D eigenvalue weighted by molar-refractivity contribution is 5.99. The number of esters is 1. The van der Waals surface area contributed by atoms with Crippen LogP contribution in [0.3, 0.4) is 0 Å². The van der Waals surface area contributed by atoms with Gasteiger partial charge in [-0.05, 0) is 80.0 Å². The molecule has 0 saturated carbocycles. The number of phenolic OH excluding ortho intramolecular Hbond substituents is 1. The second-order valence-electron chi connectivity index (χ2n) is 20.6. The molecule has 0 radical (unpaired) electrons. The lowest BCUT2D eigenvalue weighted by Gasteiger charge is -2.44. The van der Waals surface area contributed by atoms with Crippen molar-refractivity contribution in [2.24, 2.45) is 17.8 Å². The Hall–Kier alpha value is -7.10. The van der Waals surface area contributed by atoms with Crippen LogP contribution >= 0.6 is 0 Å². The largest absolute Gasteiger partial charge is 0.508 e. The molecule has 76 heavy (non-hydrogen) atoms. The molecule has 2 aliphatic heterocycles. The lowest BCUT2D eigenvalue weighted by molar-refractivity contribution is -0.167. The number of hydrogen-bond acceptors (Lipinski definition) is 13. The van der Waals surface area contributed by atoms with Crippen LogP contribution in [0, 0.1) is 17.8 Å². The van der Waals surface area contributed by atoms with Gasteiger partial charge in [0.2, 0.25) is 47.3 Å². The number of carboxylic acids is 1. The van der Waals surface area contributed by atoms with E-state index in [1.165, 1.54) is 38.2 Å². The van der Waals surface area contributed by atoms with Gasteiger partial charge in [0.15, 0.2) is 0 Å². The molecule has 2 heterocycles. The number of benzene rings is 2. The van der Waals surface area contributed by atoms with Gasteiger partial charge in [-0.3, -0.25) is 43.2 Å². The van der Waals surface area contributed by atoms with Gasteiger partial charge in [0.25, 0.3) is 0 Å². The summed E-state index contributed by atoms with van der Waals surface area (Å²) in [4.78, 5) is 143. The third-order valence-corrected chi connectivity index (χ3v) is 13.7. The minimum absolute atomic E-state index is 0.0623. The number of aromatic hydroxyl groups is 1. The first-order chi connectivity index (χ1) is 35.9. The number of amides is 8. The molecule has 11 atom stereocenters. The number of rotatable bonds is 19. The van der Waals surface area contributed by atoms with Crippen LogP contribution in [0.1, 0.15) is 118 Å². The molecule has 0 aliphatic carbocycles. The molecule has 2 fully saturated rings. The van der Waals surface area contributed by atoms with Crippen molar-refractivity contribution in [3.05, 3.63) is 65.7 Å². The Balaban J connectivity index is 1.89. The molecular formula is C54H78N8O14. The number of carbonyl (C=O) groups excluding carboxylic acids is 9. The standard InChI is InChI=1S/C54H78N8O14/c1-10-15-41(64)55-38(26-29(3)4)48(69)56-36(23-25-43(66)67)47(68)60-45-32(8)76-54(75)44(31(7)11-2)59-50(71)40(28-33-16-13-12-14-17-33)61(9)53(74)46(30(5)6)62-42(65)24-22-37(52(62)73)57-49(70)39(58-51(45)72)27-34-18-20-35(63)21-19-34/h12-14,16-21,29-32,36-40,42,44-46,63,65H,10-11,15,22-28H2,1-9H3,(H,55,64)(H,56,69)(H,57,70)(H,58,72)(H,59,71)(H,60,68)(H,66,67)/t31-,32+,36-,37-,38-,39-,40-,42+,44-,45-,46-/m0/s1. The minimum Gasteiger partial charge on any atom is -0.508 e. The zero-order valence-electron chi connectivity index (χ0n) is 45.0. The SMILES string of the molecule is CCCC(=O)N[C@@H](CC(C)C)C(=O)N[C@@H](CCC(=O)O)C(=O)N[C@@H]1C(=O)N[C@@H](Cc2ccc(O)cc2)C(=O)N[C@H]2CC[C@@H](O)N(C2=O)[C@@H](C(C)C)C(=O)N(C)[C@@H](Cc2ccccc2)C(=O)N[C@@H]([C@@H](C)CC)C(=O)O[C@@H]1C. The van der Waals surface area contributed by atoms with Gasteiger partial charge in [0.05, 0.1) is 0 Å². The summed E-state index contributed by atoms with van der Waals surface area (Å²) in [5.74, 6) is -10.6. The lowest BCUT2D eigenvalue weighted by Crippen LogP contribution is -2.66. The first-order valence-electron chi connectivity index (χ1n) is 26.2. The maximum absolute atomic E-state index is 14.9. The van der Waals surface area contributed by atoms with Gasteiger partial charge in [-0.25, -0.2) is 4.79 Å². The van der Waals surface area contributed by atoms with Crippen molar-refractivity contribution in [2.75, 3.05) is 7.05 Å². The number of nitrogens with one attached hydrogen (secondary N) is 6. The van der Waals surface area contributed by atoms with Crippen molar-refractivity contribution in [3.63, 3.8) is 0 Å². The summed E-state index contributed by atoms with van der Waals surface area (Å²) in [5, 5.41) is 47.0. The topological polar surface area (TPSA) is 319 Å². The summed E-state index contributed by atoms with van der Waals surface area (Å²) < 4.78 is 5.97. The van der Waals surface area contributed by atoms with E-state index in [1.807, 2.05) is 13.8 Å². The van der Waals surface area contributed by atoms with Crippen molar-refractivity contribution in [1.29, 1.82) is 0 Å². The van der Waals surface area contributed by atoms with Crippen molar-refractivity contribution in [3.8, 4) is 5.75 Å². The summed E-state index contributed by atoms with van der Waals surface area (Å²) in [5.41, 5.74) is 1.05. The van der Waals surface area contributed by atoms with E-state index in [4.69, 9.17) is 4.74 Å². The molecule has 2 bridgehead atoms. The molecule has 418 valence electrons. The van der Waals surface area contributed by atoms with Crippen molar-refractivity contribution < 1.29 is 68.0 Å². The number of cyclic esters (lactones) is 1. The summed E-state index contributed by atoms with van der Waals surface area (Å²) >= 11 is 0. The molecular weight excluding hydrogens is 985 g/mol. The molecule has 8 amide bonds. The van der Waals surface area contributed by atoms with Crippen LogP contribution in [0.15, 0.2) is 54.6 Å². The number of ether oxygens (including phenoxy) is 1. The van der Waals surface area contributed by atoms with E-state index in [0.717, 1.165) is 9.80 Å². The highest BCUT2D eigenvalue weighted by Crippen LogP contribution is 2.27. The Kier molecular flexibility index (Phi) is 23.2. The van der Waals surface area contributed by atoms with Crippen LogP contribution in [0.5, 0.6) is 5.75 Å². The Morgan fingerprint density at radius 3 is 2.00 bits per heavy atom. The summed E-state index contributed by atoms with van der Waals surface area (Å²) in [7, 11) is 1.38. The van der Waals surface area contributed by atoms with Crippen LogP contribution in [-0.4, -0.2) is 152 Å². The first-order valence-corrected chi connectivity index (χ1v) is 26.2. The summed E-state index contributed by atoms with van der Waals surface area (Å²) in [6.07, 6.45) is -3.76. The Morgan fingerprint density at radius 2 is 1.41 bits per heavy atom. The number of hydrogen-bond donors (Lipinski definition) is 9. The van der Waals surface area contributed by atoms with Crippen LogP contribution in [-0.2, 0) is 65.5 Å². The van der Waals surface area contributed by atoms with Crippen molar-refractivity contribution in [1.82, 2.24) is 41.7 Å². The molecule has 2 aromatic rings. The number of piperidine rings is 1. The van der Waals surface area contributed by atoms with Crippen LogP contribution in [0.25, 0.3) is 0 Å². The molecule has 9 N–H and O–H groups in total. The molecule has 2 saturated heterocycles. The van der Waals surface area contributed by atoms with Crippen LogP contribution in [0.4, 0.5) is 0 Å². The molecule has 2 aliphatic rings. The molecule has 4 rings (SSSR count). The molecule has 22 heteroatoms. The van der Waals surface area contributed by atoms with E-state index in [-0.39, 0.29) is 50.2 Å². The fourth-order valence-electron chi connectivity index (χ4n) is 9.20. The third kappa shape index (κ3) is 17.2. The molecule has 0 spiro atoms. The highest BCUT2D eigenvalue weighted by atomic mass is 16.5. The average Bonchev–Trinajstić information content (AvgIpc) is 3.36. The quantitative estimate of drug-likeness (QED) is 0.0903. The predicted molar refractivity (Wildman–Crippen MR) is 277 cm³/mol. The lowest BCUT2D eigenvalue weighted by atomic mass is 9.93. The van der Waals surface area contributed by atoms with Gasteiger partial charge in [-0.2, -0.15) is 0 Å². The summed E-state index contributed by atoms with van der Waals surface area (Å²) in [6.45, 7) is 13.4. The van der Waals surface area contributed by atoms with Gasteiger partial charge in [-0.15, -0.1) is 0 Å². The van der Waals surface area contributed by atoms with Crippen molar-refractivity contribution in [2.45, 2.75) is 180 Å². The zero-order valence-corrected chi connectivity index (χ0v) is 45.0. The van der Waals surface area contributed by atoms with E-state index in [2.05, 4.69) is 31.9 Å².